The van der Waals surface area contributed by atoms with Crippen LogP contribution in [0.25, 0.3) is 0 Å². The maximum Gasteiger partial charge on any atom is 0.321 e. The van der Waals surface area contributed by atoms with Gasteiger partial charge in [0.1, 0.15) is 0 Å². The quantitative estimate of drug-likeness (QED) is 0.629. The third kappa shape index (κ3) is 4.33. The first-order valence-electron chi connectivity index (χ1n) is 8.03. The van der Waals surface area contributed by atoms with Crippen LogP contribution >= 0.6 is 11.3 Å². The molecule has 2 aromatic rings. The number of anilines is 2. The van der Waals surface area contributed by atoms with Crippen LogP contribution in [0.5, 0.6) is 0 Å². The van der Waals surface area contributed by atoms with Gasteiger partial charge in [0, 0.05) is 42.5 Å². The third-order valence-electron chi connectivity index (χ3n) is 4.07. The Morgan fingerprint density at radius 3 is 2.69 bits per heavy atom. The molecule has 0 spiro atoms. The molecule has 136 valence electrons. The zero-order valence-corrected chi connectivity index (χ0v) is 14.6. The molecule has 0 unspecified atom stereocenters. The Morgan fingerprint density at radius 1 is 1.27 bits per heavy atom. The predicted molar refractivity (Wildman–Crippen MR) is 97.2 cm³/mol. The zero-order chi connectivity index (χ0) is 18.5. The number of amides is 3. The van der Waals surface area contributed by atoms with Gasteiger partial charge in [0.2, 0.25) is 5.91 Å². The normalized spacial score (nSPS) is 16.8. The second kappa shape index (κ2) is 7.91. The first-order valence-corrected chi connectivity index (χ1v) is 8.91. The fourth-order valence-corrected chi connectivity index (χ4v) is 3.27. The lowest BCUT2D eigenvalue weighted by Gasteiger charge is -2.31. The Kier molecular flexibility index (Phi) is 5.42. The molecular formula is C16H17N5O4S. The number of nitrogens with zero attached hydrogens (tertiary/aromatic N) is 3. The molecule has 1 aliphatic rings. The van der Waals surface area contributed by atoms with E-state index in [-0.39, 0.29) is 23.5 Å². The van der Waals surface area contributed by atoms with Crippen molar-refractivity contribution in [3.05, 3.63) is 46.0 Å². The summed E-state index contributed by atoms with van der Waals surface area (Å²) in [6.07, 6.45) is 3.05. The minimum Gasteiger partial charge on any atom is -0.324 e. The number of carbonyl (C=O) groups excluding carboxylic acids is 2. The van der Waals surface area contributed by atoms with Crippen LogP contribution in [0.1, 0.15) is 12.8 Å². The summed E-state index contributed by atoms with van der Waals surface area (Å²) < 4.78 is 0. The molecule has 9 nitrogen and oxygen atoms in total. The molecular weight excluding hydrogens is 358 g/mol. The van der Waals surface area contributed by atoms with Gasteiger partial charge in [-0.15, -0.1) is 11.3 Å². The average Bonchev–Trinajstić information content (AvgIpc) is 3.15. The summed E-state index contributed by atoms with van der Waals surface area (Å²) in [6, 6.07) is 5.29. The first kappa shape index (κ1) is 17.8. The first-order chi connectivity index (χ1) is 12.5. The summed E-state index contributed by atoms with van der Waals surface area (Å²) in [5.74, 6) is -0.442. The van der Waals surface area contributed by atoms with Crippen LogP contribution in [0.15, 0.2) is 35.8 Å². The van der Waals surface area contributed by atoms with Gasteiger partial charge in [0.25, 0.3) is 5.69 Å². The van der Waals surface area contributed by atoms with Crippen LogP contribution in [0.2, 0.25) is 0 Å². The number of hydrogen-bond acceptors (Lipinski definition) is 6. The summed E-state index contributed by atoms with van der Waals surface area (Å²) in [5.41, 5.74) is 0.426. The summed E-state index contributed by atoms with van der Waals surface area (Å²) in [7, 11) is 0. The zero-order valence-electron chi connectivity index (χ0n) is 13.8. The van der Waals surface area contributed by atoms with Crippen LogP contribution in [0.3, 0.4) is 0 Å². The maximum atomic E-state index is 12.4. The van der Waals surface area contributed by atoms with Gasteiger partial charge >= 0.3 is 6.03 Å². The van der Waals surface area contributed by atoms with Crippen molar-refractivity contribution in [3.8, 4) is 0 Å². The van der Waals surface area contributed by atoms with E-state index in [4.69, 9.17) is 0 Å². The van der Waals surface area contributed by atoms with Gasteiger partial charge in [-0.2, -0.15) is 0 Å². The lowest BCUT2D eigenvalue weighted by Crippen LogP contribution is -2.45. The van der Waals surface area contributed by atoms with E-state index in [9.17, 15) is 19.7 Å². The Balaban J connectivity index is 1.57. The monoisotopic (exact) mass is 375 g/mol. The molecule has 0 bridgehead atoms. The average molecular weight is 375 g/mol. The maximum absolute atomic E-state index is 12.4. The van der Waals surface area contributed by atoms with E-state index in [1.807, 2.05) is 0 Å². The van der Waals surface area contributed by atoms with E-state index in [0.717, 1.165) is 6.42 Å². The molecule has 1 aromatic heterocycles. The number of thiazole rings is 1. The fourth-order valence-electron chi connectivity index (χ4n) is 2.74. The molecule has 1 aliphatic heterocycles. The number of non-ortho nitro benzene ring substituents is 1. The van der Waals surface area contributed by atoms with Crippen molar-refractivity contribution in [3.63, 3.8) is 0 Å². The smallest absolute Gasteiger partial charge is 0.321 e. The number of nitrogens with one attached hydrogen (secondary N) is 2. The molecule has 2 N–H and O–H groups in total. The molecule has 1 fully saturated rings. The number of carbonyl (C=O) groups is 2. The number of likely N-dealkylation sites (tertiary alicyclic amines) is 1. The minimum atomic E-state index is -0.498. The van der Waals surface area contributed by atoms with E-state index in [1.54, 1.807) is 16.5 Å². The summed E-state index contributed by atoms with van der Waals surface area (Å²) in [5, 5.41) is 18.5. The number of aromatic nitrogens is 1. The predicted octanol–water partition coefficient (Wildman–Crippen LogP) is 2.93. The van der Waals surface area contributed by atoms with Crippen LogP contribution in [0, 0.1) is 16.0 Å². The second-order valence-corrected chi connectivity index (χ2v) is 6.74. The lowest BCUT2D eigenvalue weighted by atomic mass is 9.97. The highest BCUT2D eigenvalue weighted by atomic mass is 32.1. The van der Waals surface area contributed by atoms with Crippen LogP contribution in [0.4, 0.5) is 21.3 Å². The van der Waals surface area contributed by atoms with Crippen molar-refractivity contribution in [2.75, 3.05) is 23.7 Å². The molecule has 1 aromatic carbocycles. The van der Waals surface area contributed by atoms with Gasteiger partial charge in [-0.25, -0.2) is 9.78 Å². The topological polar surface area (TPSA) is 117 Å². The van der Waals surface area contributed by atoms with Crippen molar-refractivity contribution >= 4 is 39.8 Å². The number of nitro groups is 1. The van der Waals surface area contributed by atoms with Crippen molar-refractivity contribution in [2.24, 2.45) is 5.92 Å². The fraction of sp³-hybridized carbons (Fsp3) is 0.312. The van der Waals surface area contributed by atoms with E-state index >= 15 is 0 Å². The van der Waals surface area contributed by atoms with Gasteiger partial charge in [0.05, 0.1) is 10.8 Å². The van der Waals surface area contributed by atoms with Crippen molar-refractivity contribution < 1.29 is 14.5 Å². The molecule has 1 atom stereocenters. The van der Waals surface area contributed by atoms with E-state index in [0.29, 0.717) is 30.3 Å². The van der Waals surface area contributed by atoms with E-state index in [2.05, 4.69) is 15.6 Å². The van der Waals surface area contributed by atoms with Crippen LogP contribution in [-0.4, -0.2) is 39.8 Å². The Hall–Kier alpha value is -3.01. The van der Waals surface area contributed by atoms with E-state index < -0.39 is 4.92 Å². The number of benzene rings is 1. The largest absolute Gasteiger partial charge is 0.324 e. The molecule has 10 heteroatoms. The van der Waals surface area contributed by atoms with Crippen LogP contribution in [-0.2, 0) is 4.79 Å². The van der Waals surface area contributed by atoms with Gasteiger partial charge in [-0.3, -0.25) is 14.9 Å². The third-order valence-corrected chi connectivity index (χ3v) is 4.76. The summed E-state index contributed by atoms with van der Waals surface area (Å²) >= 11 is 1.34. The SMILES string of the molecule is O=C(Nc1nccs1)[C@H]1CCCN(C(=O)Nc2ccc([N+](=O)[O-])cc2)C1. The highest BCUT2D eigenvalue weighted by molar-refractivity contribution is 7.13. The highest BCUT2D eigenvalue weighted by Gasteiger charge is 2.29. The number of nitro benzene ring substituents is 1. The number of rotatable bonds is 4. The molecule has 2 heterocycles. The molecule has 1 saturated heterocycles. The Morgan fingerprint density at radius 2 is 2.04 bits per heavy atom. The summed E-state index contributed by atoms with van der Waals surface area (Å²) in [6.45, 7) is 0.871. The Bertz CT molecular complexity index is 793. The molecule has 3 rings (SSSR count). The number of urea groups is 1. The molecule has 26 heavy (non-hydrogen) atoms. The van der Waals surface area contributed by atoms with Crippen molar-refractivity contribution in [2.45, 2.75) is 12.8 Å². The van der Waals surface area contributed by atoms with Crippen molar-refractivity contribution in [1.82, 2.24) is 9.88 Å². The minimum absolute atomic E-state index is 0.0418. The second-order valence-electron chi connectivity index (χ2n) is 5.85. The Labute approximate surface area is 153 Å². The lowest BCUT2D eigenvalue weighted by molar-refractivity contribution is -0.384. The standard InChI is InChI=1S/C16H17N5O4S/c22-14(19-15-17-7-9-26-15)11-2-1-8-20(10-11)16(23)18-12-3-5-13(6-4-12)21(24)25/h3-7,9,11H,1-2,8,10H2,(H,18,23)(H,17,19,22)/t11-/m0/s1. The molecule has 0 saturated carbocycles. The van der Waals surface area contributed by atoms with Gasteiger partial charge < -0.3 is 15.5 Å². The number of piperidine rings is 1. The summed E-state index contributed by atoms with van der Waals surface area (Å²) in [4.78, 5) is 40.5. The van der Waals surface area contributed by atoms with Gasteiger partial charge in [-0.1, -0.05) is 0 Å². The van der Waals surface area contributed by atoms with Gasteiger partial charge in [0.15, 0.2) is 5.13 Å². The van der Waals surface area contributed by atoms with Crippen molar-refractivity contribution in [1.29, 1.82) is 0 Å². The molecule has 0 radical (unpaired) electrons. The molecule has 0 aliphatic carbocycles. The highest BCUT2D eigenvalue weighted by Crippen LogP contribution is 2.21. The van der Waals surface area contributed by atoms with E-state index in [1.165, 1.54) is 35.6 Å². The van der Waals surface area contributed by atoms with Gasteiger partial charge in [-0.05, 0) is 25.0 Å². The van der Waals surface area contributed by atoms with Crippen LogP contribution < -0.4 is 10.6 Å². The molecule has 3 amide bonds. The number of hydrogen-bond donors (Lipinski definition) is 2.